The van der Waals surface area contributed by atoms with Gasteiger partial charge in [0.1, 0.15) is 0 Å². The Morgan fingerprint density at radius 2 is 1.94 bits per heavy atom. The molecule has 0 aliphatic carbocycles. The summed E-state index contributed by atoms with van der Waals surface area (Å²) in [6.45, 7) is 3.88. The Balaban J connectivity index is 1.99. The van der Waals surface area contributed by atoms with Gasteiger partial charge in [-0.3, -0.25) is 4.90 Å². The van der Waals surface area contributed by atoms with E-state index in [0.717, 1.165) is 13.1 Å². The first-order chi connectivity index (χ1) is 8.58. The molecule has 18 heavy (non-hydrogen) atoms. The number of nitrogens with zero attached hydrogens (tertiary/aromatic N) is 1. The number of likely N-dealkylation sites (N-methyl/N-ethyl adjacent to an activating group) is 1. The van der Waals surface area contributed by atoms with Crippen molar-refractivity contribution in [3.63, 3.8) is 0 Å². The van der Waals surface area contributed by atoms with Gasteiger partial charge in [-0.2, -0.15) is 11.3 Å². The molecular weight excluding hydrogens is 240 g/mol. The maximum absolute atomic E-state index is 6.43. The fraction of sp³-hybridized carbons (Fsp3) is 0.333. The molecule has 1 unspecified atom stereocenters. The molecule has 96 valence electrons. The fourth-order valence-electron chi connectivity index (χ4n) is 2.22. The lowest BCUT2D eigenvalue weighted by Crippen LogP contribution is -2.43. The Bertz CT molecular complexity index is 463. The fourth-order valence-corrected chi connectivity index (χ4v) is 2.88. The van der Waals surface area contributed by atoms with Crippen molar-refractivity contribution in [2.24, 2.45) is 5.73 Å². The summed E-state index contributed by atoms with van der Waals surface area (Å²) in [6, 6.07) is 12.5. The lowest BCUT2D eigenvalue weighted by Gasteiger charge is -2.30. The molecule has 2 nitrogen and oxygen atoms in total. The molecule has 1 aromatic heterocycles. The minimum absolute atomic E-state index is 0.313. The van der Waals surface area contributed by atoms with E-state index in [-0.39, 0.29) is 5.54 Å². The lowest BCUT2D eigenvalue weighted by atomic mass is 9.92. The summed E-state index contributed by atoms with van der Waals surface area (Å²) >= 11 is 1.74. The van der Waals surface area contributed by atoms with Gasteiger partial charge in [-0.05, 0) is 41.9 Å². The van der Waals surface area contributed by atoms with Crippen LogP contribution in [0.5, 0.6) is 0 Å². The number of thiophene rings is 1. The van der Waals surface area contributed by atoms with E-state index in [9.17, 15) is 0 Å². The monoisotopic (exact) mass is 260 g/mol. The van der Waals surface area contributed by atoms with Crippen molar-refractivity contribution in [1.29, 1.82) is 0 Å². The van der Waals surface area contributed by atoms with Gasteiger partial charge in [0.15, 0.2) is 0 Å². The van der Waals surface area contributed by atoms with Crippen LogP contribution in [-0.4, -0.2) is 18.5 Å². The molecule has 0 amide bonds. The van der Waals surface area contributed by atoms with Gasteiger partial charge < -0.3 is 5.73 Å². The van der Waals surface area contributed by atoms with Gasteiger partial charge in [-0.25, -0.2) is 0 Å². The molecule has 0 saturated heterocycles. The molecule has 0 aliphatic rings. The summed E-state index contributed by atoms with van der Waals surface area (Å²) in [6.07, 6.45) is 0. The highest BCUT2D eigenvalue weighted by atomic mass is 32.1. The van der Waals surface area contributed by atoms with Crippen LogP contribution in [0.3, 0.4) is 0 Å². The summed E-state index contributed by atoms with van der Waals surface area (Å²) in [7, 11) is 2.12. The molecule has 0 radical (unpaired) electrons. The highest BCUT2D eigenvalue weighted by molar-refractivity contribution is 7.07. The van der Waals surface area contributed by atoms with Crippen molar-refractivity contribution in [2.75, 3.05) is 13.6 Å². The van der Waals surface area contributed by atoms with Crippen LogP contribution < -0.4 is 5.73 Å². The molecule has 1 heterocycles. The summed E-state index contributed by atoms with van der Waals surface area (Å²) in [5, 5.41) is 4.30. The van der Waals surface area contributed by atoms with E-state index in [4.69, 9.17) is 5.73 Å². The largest absolute Gasteiger partial charge is 0.321 e. The summed E-state index contributed by atoms with van der Waals surface area (Å²) in [5.74, 6) is 0. The SMILES string of the molecule is CN(Cc1ccsc1)CC(C)(N)c1ccccc1. The third-order valence-electron chi connectivity index (χ3n) is 3.06. The second-order valence-corrected chi connectivity index (χ2v) is 5.87. The first kappa shape index (κ1) is 13.3. The molecule has 2 aromatic rings. The average molecular weight is 260 g/mol. The summed E-state index contributed by atoms with van der Waals surface area (Å²) < 4.78 is 0. The van der Waals surface area contributed by atoms with Crippen LogP contribution in [0.15, 0.2) is 47.2 Å². The minimum Gasteiger partial charge on any atom is -0.321 e. The van der Waals surface area contributed by atoms with Crippen LogP contribution in [0, 0.1) is 0 Å². The Kier molecular flexibility index (Phi) is 4.17. The maximum atomic E-state index is 6.43. The number of rotatable bonds is 5. The highest BCUT2D eigenvalue weighted by Crippen LogP contribution is 2.19. The minimum atomic E-state index is -0.313. The topological polar surface area (TPSA) is 29.3 Å². The van der Waals surface area contributed by atoms with Gasteiger partial charge in [0.2, 0.25) is 0 Å². The van der Waals surface area contributed by atoms with Crippen molar-refractivity contribution in [1.82, 2.24) is 4.90 Å². The van der Waals surface area contributed by atoms with E-state index in [1.165, 1.54) is 11.1 Å². The molecular formula is C15H20N2S. The third kappa shape index (κ3) is 3.42. The van der Waals surface area contributed by atoms with E-state index in [1.54, 1.807) is 11.3 Å². The van der Waals surface area contributed by atoms with Crippen LogP contribution in [0.1, 0.15) is 18.1 Å². The second-order valence-electron chi connectivity index (χ2n) is 5.09. The van der Waals surface area contributed by atoms with Gasteiger partial charge in [-0.1, -0.05) is 30.3 Å². The molecule has 2 rings (SSSR count). The summed E-state index contributed by atoms with van der Waals surface area (Å²) in [4.78, 5) is 2.27. The molecule has 0 fully saturated rings. The smallest absolute Gasteiger partial charge is 0.0509 e. The molecule has 0 spiro atoms. The molecule has 0 aliphatic heterocycles. The number of hydrogen-bond donors (Lipinski definition) is 1. The number of hydrogen-bond acceptors (Lipinski definition) is 3. The van der Waals surface area contributed by atoms with Crippen LogP contribution in [0.25, 0.3) is 0 Å². The zero-order valence-electron chi connectivity index (χ0n) is 11.0. The molecule has 0 saturated carbocycles. The van der Waals surface area contributed by atoms with Gasteiger partial charge >= 0.3 is 0 Å². The molecule has 2 N–H and O–H groups in total. The maximum Gasteiger partial charge on any atom is 0.0509 e. The Labute approximate surface area is 113 Å². The first-order valence-electron chi connectivity index (χ1n) is 6.12. The zero-order valence-corrected chi connectivity index (χ0v) is 11.8. The van der Waals surface area contributed by atoms with E-state index in [2.05, 4.69) is 47.8 Å². The quantitative estimate of drug-likeness (QED) is 0.895. The predicted molar refractivity (Wildman–Crippen MR) is 78.6 cm³/mol. The van der Waals surface area contributed by atoms with Gasteiger partial charge in [0.05, 0.1) is 5.54 Å². The lowest BCUT2D eigenvalue weighted by molar-refractivity contribution is 0.253. The predicted octanol–water partition coefficient (Wildman–Crippen LogP) is 3.05. The van der Waals surface area contributed by atoms with E-state index in [0.29, 0.717) is 0 Å². The van der Waals surface area contributed by atoms with Crippen LogP contribution in [0.4, 0.5) is 0 Å². The van der Waals surface area contributed by atoms with Gasteiger partial charge in [0, 0.05) is 13.1 Å². The Morgan fingerprint density at radius 3 is 2.56 bits per heavy atom. The highest BCUT2D eigenvalue weighted by Gasteiger charge is 2.22. The zero-order chi connectivity index (χ0) is 13.0. The van der Waals surface area contributed by atoms with Gasteiger partial charge in [-0.15, -0.1) is 0 Å². The summed E-state index contributed by atoms with van der Waals surface area (Å²) in [5.41, 5.74) is 8.65. The molecule has 1 atom stereocenters. The molecule has 3 heteroatoms. The third-order valence-corrected chi connectivity index (χ3v) is 3.80. The standard InChI is InChI=1S/C15H20N2S/c1-15(16,14-6-4-3-5-7-14)12-17(2)10-13-8-9-18-11-13/h3-9,11H,10,12,16H2,1-2H3. The van der Waals surface area contributed by atoms with E-state index in [1.807, 2.05) is 18.2 Å². The van der Waals surface area contributed by atoms with Crippen LogP contribution >= 0.6 is 11.3 Å². The van der Waals surface area contributed by atoms with Crippen molar-refractivity contribution in [2.45, 2.75) is 19.0 Å². The first-order valence-corrected chi connectivity index (χ1v) is 7.06. The second kappa shape index (κ2) is 5.65. The normalized spacial score (nSPS) is 14.7. The van der Waals surface area contributed by atoms with E-state index >= 15 is 0 Å². The Hall–Kier alpha value is -1.16. The molecule has 0 bridgehead atoms. The average Bonchev–Trinajstić information content (AvgIpc) is 2.82. The van der Waals surface area contributed by atoms with Crippen LogP contribution in [-0.2, 0) is 12.1 Å². The van der Waals surface area contributed by atoms with Crippen LogP contribution in [0.2, 0.25) is 0 Å². The van der Waals surface area contributed by atoms with E-state index < -0.39 is 0 Å². The van der Waals surface area contributed by atoms with Crippen molar-refractivity contribution in [3.05, 3.63) is 58.3 Å². The molecule has 1 aromatic carbocycles. The van der Waals surface area contributed by atoms with Crippen molar-refractivity contribution >= 4 is 11.3 Å². The number of benzene rings is 1. The van der Waals surface area contributed by atoms with Gasteiger partial charge in [0.25, 0.3) is 0 Å². The number of nitrogens with two attached hydrogens (primary N) is 1. The van der Waals surface area contributed by atoms with Crippen molar-refractivity contribution in [3.8, 4) is 0 Å². The van der Waals surface area contributed by atoms with Crippen molar-refractivity contribution < 1.29 is 0 Å². The Morgan fingerprint density at radius 1 is 1.22 bits per heavy atom.